The molecule has 3 N–H and O–H groups in total. The van der Waals surface area contributed by atoms with E-state index in [1.807, 2.05) is 6.20 Å². The van der Waals surface area contributed by atoms with Gasteiger partial charge in [-0.3, -0.25) is 10.00 Å². The van der Waals surface area contributed by atoms with E-state index >= 15 is 0 Å². The molecule has 8 nitrogen and oxygen atoms in total. The summed E-state index contributed by atoms with van der Waals surface area (Å²) in [4.78, 5) is 7.27. The molecule has 0 saturated carbocycles. The number of nitrogens with two attached hydrogens (primary N) is 1. The van der Waals surface area contributed by atoms with E-state index in [0.717, 1.165) is 40.6 Å². The number of H-pyrrole nitrogens is 1. The zero-order valence-electron chi connectivity index (χ0n) is 21.8. The molecule has 4 aromatic rings. The third-order valence-corrected chi connectivity index (χ3v) is 9.39. The molecule has 9 heteroatoms. The molecule has 1 fully saturated rings. The SMILES string of the molecule is COc1cc(-c2[nH]nc3ncc(-c4ccc5c(c4)CCC(C)(N4CCCC4)CC5)cc23)ccc1S(N)(=O)=O. The van der Waals surface area contributed by atoms with Gasteiger partial charge in [0.25, 0.3) is 0 Å². The van der Waals surface area contributed by atoms with Gasteiger partial charge in [-0.1, -0.05) is 24.3 Å². The molecule has 6 rings (SSSR count). The Labute approximate surface area is 223 Å². The quantitative estimate of drug-likeness (QED) is 0.362. The molecule has 1 unspecified atom stereocenters. The Morgan fingerprint density at radius 1 is 0.974 bits per heavy atom. The molecule has 1 saturated heterocycles. The number of nitrogens with zero attached hydrogens (tertiary/aromatic N) is 3. The number of rotatable bonds is 5. The number of aromatic nitrogens is 3. The Hall–Kier alpha value is -3.27. The highest BCUT2D eigenvalue weighted by Gasteiger charge is 2.34. The van der Waals surface area contributed by atoms with Crippen LogP contribution in [-0.2, 0) is 22.9 Å². The standard InChI is InChI=1S/C29H33N5O3S/c1-29(34-13-3-4-14-34)11-9-19-5-6-20(15-21(19)10-12-29)23-16-24-27(32-33-28(24)31-18-23)22-7-8-26(38(30,35)36)25(17-22)37-2/h5-8,15-18H,3-4,9-14H2,1-2H3,(H2,30,35,36)(H,31,32,33). The topological polar surface area (TPSA) is 114 Å². The average Bonchev–Trinajstić information content (AvgIpc) is 3.57. The Balaban J connectivity index is 1.33. The van der Waals surface area contributed by atoms with E-state index in [0.29, 0.717) is 5.65 Å². The molecule has 2 aliphatic rings. The Kier molecular flexibility index (Phi) is 6.25. The largest absolute Gasteiger partial charge is 0.495 e. The fourth-order valence-electron chi connectivity index (χ4n) is 6.12. The van der Waals surface area contributed by atoms with Crippen molar-refractivity contribution in [3.05, 3.63) is 59.8 Å². The second kappa shape index (κ2) is 9.48. The third-order valence-electron chi connectivity index (χ3n) is 8.44. The summed E-state index contributed by atoms with van der Waals surface area (Å²) < 4.78 is 29.1. The fourth-order valence-corrected chi connectivity index (χ4v) is 6.80. The summed E-state index contributed by atoms with van der Waals surface area (Å²) in [6.45, 7) is 4.91. The van der Waals surface area contributed by atoms with Gasteiger partial charge < -0.3 is 4.74 Å². The zero-order chi connectivity index (χ0) is 26.5. The van der Waals surface area contributed by atoms with Crippen LogP contribution in [0.1, 0.15) is 43.7 Å². The highest BCUT2D eigenvalue weighted by atomic mass is 32.2. The van der Waals surface area contributed by atoms with E-state index in [4.69, 9.17) is 9.88 Å². The van der Waals surface area contributed by atoms with Crippen molar-refractivity contribution in [2.24, 2.45) is 5.14 Å². The predicted molar refractivity (Wildman–Crippen MR) is 149 cm³/mol. The first-order valence-electron chi connectivity index (χ1n) is 13.2. The van der Waals surface area contributed by atoms with E-state index in [2.05, 4.69) is 51.3 Å². The molecule has 198 valence electrons. The van der Waals surface area contributed by atoms with Crippen LogP contribution < -0.4 is 9.88 Å². The minimum absolute atomic E-state index is 0.0582. The number of aromatic amines is 1. The second-order valence-corrected chi connectivity index (χ2v) is 12.3. The second-order valence-electron chi connectivity index (χ2n) is 10.8. The number of benzene rings is 2. The Morgan fingerprint density at radius 2 is 1.71 bits per heavy atom. The van der Waals surface area contributed by atoms with Gasteiger partial charge in [0.15, 0.2) is 5.65 Å². The Bertz CT molecular complexity index is 1620. The summed E-state index contributed by atoms with van der Waals surface area (Å²) in [5.41, 5.74) is 7.39. The van der Waals surface area contributed by atoms with Crippen molar-refractivity contribution >= 4 is 21.1 Å². The number of ether oxygens (including phenoxy) is 1. The van der Waals surface area contributed by atoms with Gasteiger partial charge in [-0.05, 0) is 93.4 Å². The molecular weight excluding hydrogens is 498 g/mol. The summed E-state index contributed by atoms with van der Waals surface area (Å²) in [6, 6.07) is 13.7. The van der Waals surface area contributed by atoms with Crippen molar-refractivity contribution < 1.29 is 13.2 Å². The van der Waals surface area contributed by atoms with E-state index in [1.54, 1.807) is 12.1 Å². The molecule has 1 aliphatic carbocycles. The molecule has 38 heavy (non-hydrogen) atoms. The summed E-state index contributed by atoms with van der Waals surface area (Å²) in [5, 5.41) is 13.6. The summed E-state index contributed by atoms with van der Waals surface area (Å²) in [6.07, 6.45) is 9.09. The van der Waals surface area contributed by atoms with Crippen LogP contribution in [0.25, 0.3) is 33.4 Å². The van der Waals surface area contributed by atoms with Crippen LogP contribution in [0.2, 0.25) is 0 Å². The number of likely N-dealkylation sites (tertiary alicyclic amines) is 1. The van der Waals surface area contributed by atoms with Gasteiger partial charge in [0.05, 0.1) is 12.8 Å². The number of primary sulfonamides is 1. The maximum Gasteiger partial charge on any atom is 0.241 e. The minimum atomic E-state index is -3.90. The van der Waals surface area contributed by atoms with E-state index in [9.17, 15) is 8.42 Å². The molecule has 1 aliphatic heterocycles. The molecule has 3 heterocycles. The molecule has 0 bridgehead atoms. The van der Waals surface area contributed by atoms with Gasteiger partial charge in [-0.25, -0.2) is 18.5 Å². The number of hydrogen-bond acceptors (Lipinski definition) is 6. The van der Waals surface area contributed by atoms with Crippen molar-refractivity contribution in [1.29, 1.82) is 0 Å². The van der Waals surface area contributed by atoms with Crippen molar-refractivity contribution in [2.45, 2.75) is 55.9 Å². The number of pyridine rings is 1. The van der Waals surface area contributed by atoms with Crippen molar-refractivity contribution in [3.8, 4) is 28.1 Å². The van der Waals surface area contributed by atoms with Gasteiger partial charge in [0.2, 0.25) is 10.0 Å². The van der Waals surface area contributed by atoms with Crippen LogP contribution in [0.15, 0.2) is 53.6 Å². The lowest BCUT2D eigenvalue weighted by Crippen LogP contribution is -2.44. The zero-order valence-corrected chi connectivity index (χ0v) is 22.6. The van der Waals surface area contributed by atoms with Gasteiger partial charge in [0.1, 0.15) is 10.6 Å². The minimum Gasteiger partial charge on any atom is -0.495 e. The van der Waals surface area contributed by atoms with Crippen LogP contribution >= 0.6 is 0 Å². The molecule has 2 aromatic carbocycles. The fraction of sp³-hybridized carbons (Fsp3) is 0.379. The van der Waals surface area contributed by atoms with E-state index < -0.39 is 10.0 Å². The first-order valence-corrected chi connectivity index (χ1v) is 14.7. The number of nitrogens with one attached hydrogen (secondary N) is 1. The summed E-state index contributed by atoms with van der Waals surface area (Å²) in [5.74, 6) is 0.184. The predicted octanol–water partition coefficient (Wildman–Crippen LogP) is 4.68. The lowest BCUT2D eigenvalue weighted by Gasteiger charge is -2.38. The molecular formula is C29H33N5O3S. The molecule has 2 aromatic heterocycles. The maximum atomic E-state index is 11.9. The van der Waals surface area contributed by atoms with E-state index in [1.165, 1.54) is 63.1 Å². The van der Waals surface area contributed by atoms with Crippen LogP contribution in [-0.4, -0.2) is 54.2 Å². The van der Waals surface area contributed by atoms with Gasteiger partial charge in [0, 0.05) is 28.2 Å². The number of methoxy groups -OCH3 is 1. The van der Waals surface area contributed by atoms with Crippen LogP contribution in [0.4, 0.5) is 0 Å². The number of aryl methyl sites for hydroxylation is 2. The maximum absolute atomic E-state index is 11.9. The average molecular weight is 532 g/mol. The monoisotopic (exact) mass is 531 g/mol. The molecule has 0 spiro atoms. The van der Waals surface area contributed by atoms with Crippen LogP contribution in [0.5, 0.6) is 5.75 Å². The summed E-state index contributed by atoms with van der Waals surface area (Å²) in [7, 11) is -2.48. The van der Waals surface area contributed by atoms with Crippen LogP contribution in [0.3, 0.4) is 0 Å². The highest BCUT2D eigenvalue weighted by molar-refractivity contribution is 7.89. The normalized spacial score (nSPS) is 20.4. The van der Waals surface area contributed by atoms with Crippen molar-refractivity contribution in [2.75, 3.05) is 20.2 Å². The smallest absolute Gasteiger partial charge is 0.241 e. The molecule has 1 atom stereocenters. The molecule has 0 amide bonds. The van der Waals surface area contributed by atoms with Gasteiger partial charge in [-0.2, -0.15) is 5.10 Å². The number of fused-ring (bicyclic) bond motifs is 2. The lowest BCUT2D eigenvalue weighted by molar-refractivity contribution is 0.118. The first-order chi connectivity index (χ1) is 18.2. The van der Waals surface area contributed by atoms with Crippen molar-refractivity contribution in [1.82, 2.24) is 20.1 Å². The summed E-state index contributed by atoms with van der Waals surface area (Å²) >= 11 is 0. The van der Waals surface area contributed by atoms with Gasteiger partial charge in [-0.15, -0.1) is 0 Å². The van der Waals surface area contributed by atoms with Gasteiger partial charge >= 0.3 is 0 Å². The highest BCUT2D eigenvalue weighted by Crippen LogP contribution is 2.37. The van der Waals surface area contributed by atoms with Crippen LogP contribution in [0, 0.1) is 0 Å². The first kappa shape index (κ1) is 25.0. The Morgan fingerprint density at radius 3 is 2.45 bits per heavy atom. The molecule has 0 radical (unpaired) electrons. The number of hydrogen-bond donors (Lipinski definition) is 2. The lowest BCUT2D eigenvalue weighted by atomic mass is 9.90. The van der Waals surface area contributed by atoms with E-state index in [-0.39, 0.29) is 16.2 Å². The number of sulfonamides is 1. The van der Waals surface area contributed by atoms with Crippen molar-refractivity contribution in [3.63, 3.8) is 0 Å². The third kappa shape index (κ3) is 4.48.